The average molecular weight is 371 g/mol. The number of thioether (sulfide) groups is 1. The van der Waals surface area contributed by atoms with E-state index >= 15 is 0 Å². The van der Waals surface area contributed by atoms with Gasteiger partial charge in [-0.1, -0.05) is 55.4 Å². The largest absolute Gasteiger partial charge is 0.259 e. The van der Waals surface area contributed by atoms with E-state index in [1.807, 2.05) is 30.3 Å². The lowest BCUT2D eigenvalue weighted by molar-refractivity contribution is 0.682. The molecule has 1 saturated carbocycles. The van der Waals surface area contributed by atoms with E-state index in [4.69, 9.17) is 4.98 Å². The number of unbranched alkanes of at least 4 members (excludes halogenated alkanes) is 1. The van der Waals surface area contributed by atoms with Crippen molar-refractivity contribution >= 4 is 22.6 Å². The van der Waals surface area contributed by atoms with E-state index < -0.39 is 10.8 Å². The Morgan fingerprint density at radius 1 is 1.32 bits per heavy atom. The summed E-state index contributed by atoms with van der Waals surface area (Å²) in [7, 11) is -0.870. The quantitative estimate of drug-likeness (QED) is 0.607. The van der Waals surface area contributed by atoms with Gasteiger partial charge in [-0.25, -0.2) is 4.98 Å². The standard InChI is InChI=1S/C20H22N2OS2/c1-2-3-11-25(23)14-24-20-18(13-21)17(15-7-5-4-6-8-15)12-19(22-20)16-9-10-16/h4-8,12,16H,2-3,9-11,14H2,1H3. The molecular weight excluding hydrogens is 348 g/mol. The molecule has 1 aromatic heterocycles. The van der Waals surface area contributed by atoms with Gasteiger partial charge in [-0.2, -0.15) is 5.26 Å². The second-order valence-electron chi connectivity index (χ2n) is 6.29. The summed E-state index contributed by atoms with van der Waals surface area (Å²) in [6, 6.07) is 14.4. The summed E-state index contributed by atoms with van der Waals surface area (Å²) in [5, 5.41) is 11.0. The SMILES string of the molecule is CCCCS(=O)CSc1nc(C2CC2)cc(-c2ccccc2)c1C#N. The first-order valence-corrected chi connectivity index (χ1v) is 11.2. The van der Waals surface area contributed by atoms with Gasteiger partial charge < -0.3 is 0 Å². The van der Waals surface area contributed by atoms with Crippen LogP contribution in [0.1, 0.15) is 49.8 Å². The molecule has 1 heterocycles. The lowest BCUT2D eigenvalue weighted by Gasteiger charge is -2.12. The molecule has 1 unspecified atom stereocenters. The van der Waals surface area contributed by atoms with Crippen LogP contribution in [0.15, 0.2) is 41.4 Å². The maximum absolute atomic E-state index is 12.1. The molecule has 3 rings (SSSR count). The van der Waals surface area contributed by atoms with Gasteiger partial charge in [0.2, 0.25) is 0 Å². The Morgan fingerprint density at radius 3 is 2.72 bits per heavy atom. The van der Waals surface area contributed by atoms with E-state index in [1.165, 1.54) is 24.6 Å². The first-order valence-electron chi connectivity index (χ1n) is 8.71. The molecule has 5 heteroatoms. The lowest BCUT2D eigenvalue weighted by Crippen LogP contribution is -2.02. The normalized spacial score (nSPS) is 14.9. The topological polar surface area (TPSA) is 53.8 Å². The third-order valence-electron chi connectivity index (χ3n) is 4.25. The van der Waals surface area contributed by atoms with Crippen LogP contribution < -0.4 is 0 Å². The highest BCUT2D eigenvalue weighted by Gasteiger charge is 2.27. The minimum Gasteiger partial charge on any atom is -0.259 e. The molecule has 0 aliphatic heterocycles. The summed E-state index contributed by atoms with van der Waals surface area (Å²) < 4.78 is 12.1. The van der Waals surface area contributed by atoms with Crippen LogP contribution >= 0.6 is 11.8 Å². The van der Waals surface area contributed by atoms with E-state index in [0.29, 0.717) is 16.6 Å². The Bertz CT molecular complexity index is 795. The maximum Gasteiger partial charge on any atom is 0.116 e. The van der Waals surface area contributed by atoms with E-state index in [2.05, 4.69) is 19.1 Å². The van der Waals surface area contributed by atoms with E-state index in [0.717, 1.165) is 40.4 Å². The number of nitrogens with zero attached hydrogens (tertiary/aromatic N) is 2. The molecule has 130 valence electrons. The highest BCUT2D eigenvalue weighted by atomic mass is 32.2. The summed E-state index contributed by atoms with van der Waals surface area (Å²) in [6.07, 6.45) is 4.36. The number of rotatable bonds is 8. The number of hydrogen-bond donors (Lipinski definition) is 0. The predicted molar refractivity (Wildman–Crippen MR) is 105 cm³/mol. The molecule has 0 saturated heterocycles. The summed E-state index contributed by atoms with van der Waals surface area (Å²) in [4.78, 5) is 4.75. The lowest BCUT2D eigenvalue weighted by atomic mass is 10.0. The number of hydrogen-bond acceptors (Lipinski definition) is 4. The molecule has 0 amide bonds. The summed E-state index contributed by atoms with van der Waals surface area (Å²) >= 11 is 1.46. The zero-order chi connectivity index (χ0) is 17.6. The Labute approximate surface area is 156 Å². The monoisotopic (exact) mass is 370 g/mol. The van der Waals surface area contributed by atoms with Crippen LogP contribution in [0, 0.1) is 11.3 Å². The van der Waals surface area contributed by atoms with Crippen molar-refractivity contribution in [3.05, 3.63) is 47.7 Å². The fourth-order valence-electron chi connectivity index (χ4n) is 2.67. The first-order chi connectivity index (χ1) is 12.2. The van der Waals surface area contributed by atoms with Gasteiger partial charge in [-0.15, -0.1) is 0 Å². The highest BCUT2D eigenvalue weighted by Crippen LogP contribution is 2.42. The van der Waals surface area contributed by atoms with E-state index in [1.54, 1.807) is 0 Å². The van der Waals surface area contributed by atoms with Crippen LogP contribution in [0.4, 0.5) is 0 Å². The minimum atomic E-state index is -0.870. The second-order valence-corrected chi connectivity index (χ2v) is 9.19. The van der Waals surface area contributed by atoms with Crippen molar-refractivity contribution in [3.8, 4) is 17.2 Å². The van der Waals surface area contributed by atoms with Crippen molar-refractivity contribution in [2.75, 3.05) is 10.8 Å². The van der Waals surface area contributed by atoms with Crippen LogP contribution in [0.2, 0.25) is 0 Å². The van der Waals surface area contributed by atoms with Gasteiger partial charge >= 0.3 is 0 Å². The maximum atomic E-state index is 12.1. The van der Waals surface area contributed by atoms with Gasteiger partial charge in [0, 0.05) is 33.7 Å². The summed E-state index contributed by atoms with van der Waals surface area (Å²) in [5.74, 6) is 1.24. The van der Waals surface area contributed by atoms with Crippen molar-refractivity contribution in [2.45, 2.75) is 43.6 Å². The molecule has 25 heavy (non-hydrogen) atoms. The Hall–Kier alpha value is -1.64. The molecule has 1 aliphatic rings. The molecule has 0 N–H and O–H groups in total. The molecule has 2 aromatic rings. The van der Waals surface area contributed by atoms with Gasteiger partial charge in [0.05, 0.1) is 10.6 Å². The van der Waals surface area contributed by atoms with Crippen LogP contribution in [-0.2, 0) is 10.8 Å². The van der Waals surface area contributed by atoms with Crippen molar-refractivity contribution in [3.63, 3.8) is 0 Å². The number of nitriles is 1. The summed E-state index contributed by atoms with van der Waals surface area (Å²) in [6.45, 7) is 2.10. The zero-order valence-electron chi connectivity index (χ0n) is 14.4. The molecule has 0 bridgehead atoms. The Balaban J connectivity index is 1.92. The van der Waals surface area contributed by atoms with Crippen LogP contribution in [0.3, 0.4) is 0 Å². The smallest absolute Gasteiger partial charge is 0.116 e. The molecule has 0 radical (unpaired) electrons. The predicted octanol–water partition coefficient (Wildman–Crippen LogP) is 5.10. The average Bonchev–Trinajstić information content (AvgIpc) is 3.49. The van der Waals surface area contributed by atoms with Crippen LogP contribution in [-0.4, -0.2) is 20.0 Å². The highest BCUT2D eigenvalue weighted by molar-refractivity contribution is 8.10. The van der Waals surface area contributed by atoms with Gasteiger partial charge in [-0.05, 0) is 30.9 Å². The van der Waals surface area contributed by atoms with Crippen molar-refractivity contribution in [2.24, 2.45) is 0 Å². The fourth-order valence-corrected chi connectivity index (χ4v) is 5.20. The molecule has 1 atom stereocenters. The number of aromatic nitrogens is 1. The van der Waals surface area contributed by atoms with Crippen molar-refractivity contribution in [1.29, 1.82) is 5.26 Å². The van der Waals surface area contributed by atoms with Gasteiger partial charge in [0.25, 0.3) is 0 Å². The summed E-state index contributed by atoms with van der Waals surface area (Å²) in [5.41, 5.74) is 3.66. The molecule has 1 fully saturated rings. The molecular formula is C20H22N2OS2. The third-order valence-corrected chi connectivity index (χ3v) is 7.09. The Kier molecular flexibility index (Phi) is 6.28. The molecule has 1 aliphatic carbocycles. The second kappa shape index (κ2) is 8.64. The van der Waals surface area contributed by atoms with Gasteiger partial charge in [0.15, 0.2) is 0 Å². The molecule has 0 spiro atoms. The number of benzene rings is 1. The first kappa shape index (κ1) is 18.2. The van der Waals surface area contributed by atoms with Crippen LogP contribution in [0.25, 0.3) is 11.1 Å². The minimum absolute atomic E-state index is 0.504. The van der Waals surface area contributed by atoms with Crippen molar-refractivity contribution < 1.29 is 4.21 Å². The third kappa shape index (κ3) is 4.71. The van der Waals surface area contributed by atoms with Gasteiger partial charge in [0.1, 0.15) is 11.1 Å². The van der Waals surface area contributed by atoms with Gasteiger partial charge in [-0.3, -0.25) is 4.21 Å². The van der Waals surface area contributed by atoms with Crippen LogP contribution in [0.5, 0.6) is 0 Å². The van der Waals surface area contributed by atoms with E-state index in [9.17, 15) is 9.47 Å². The zero-order valence-corrected chi connectivity index (χ0v) is 16.0. The number of pyridine rings is 1. The molecule has 3 nitrogen and oxygen atoms in total. The molecule has 1 aromatic carbocycles. The Morgan fingerprint density at radius 2 is 2.08 bits per heavy atom. The fraction of sp³-hybridized carbons (Fsp3) is 0.400. The van der Waals surface area contributed by atoms with E-state index in [-0.39, 0.29) is 0 Å². The van der Waals surface area contributed by atoms with Crippen molar-refractivity contribution in [1.82, 2.24) is 4.98 Å².